The van der Waals surface area contributed by atoms with Crippen molar-refractivity contribution in [3.63, 3.8) is 0 Å². The van der Waals surface area contributed by atoms with Gasteiger partial charge in [-0.05, 0) is 6.07 Å². The van der Waals surface area contributed by atoms with Gasteiger partial charge in [-0.3, -0.25) is 0 Å². The minimum Gasteiger partial charge on any atom is -0.481 e. The highest BCUT2D eigenvalue weighted by atomic mass is 16.5. The Hall–Kier alpha value is -2.30. The van der Waals surface area contributed by atoms with Gasteiger partial charge in [0.2, 0.25) is 5.88 Å². The van der Waals surface area contributed by atoms with Gasteiger partial charge in [0.1, 0.15) is 0 Å². The number of carbonyl (C=O) groups is 1. The maximum absolute atomic E-state index is 11.7. The van der Waals surface area contributed by atoms with Crippen molar-refractivity contribution in [2.24, 2.45) is 0 Å². The van der Waals surface area contributed by atoms with Crippen LogP contribution in [0.4, 0.5) is 5.69 Å². The number of anilines is 1. The first-order valence-electron chi connectivity index (χ1n) is 4.99. The van der Waals surface area contributed by atoms with Crippen LogP contribution in [0.25, 0.3) is 10.9 Å². The summed E-state index contributed by atoms with van der Waals surface area (Å²) in [4.78, 5) is 15.9. The Bertz CT molecular complexity index is 581. The summed E-state index contributed by atoms with van der Waals surface area (Å²) in [5.41, 5.74) is 7.24. The highest BCUT2D eigenvalue weighted by Gasteiger charge is 2.14. The van der Waals surface area contributed by atoms with Crippen molar-refractivity contribution >= 4 is 22.6 Å². The van der Waals surface area contributed by atoms with Gasteiger partial charge in [-0.25, -0.2) is 9.78 Å². The summed E-state index contributed by atoms with van der Waals surface area (Å²) in [7, 11) is 2.81. The number of fused-ring (bicyclic) bond motifs is 1. The zero-order valence-corrected chi connectivity index (χ0v) is 9.56. The fourth-order valence-electron chi connectivity index (χ4n) is 1.63. The van der Waals surface area contributed by atoms with Crippen molar-refractivity contribution in [2.75, 3.05) is 20.0 Å². The minimum absolute atomic E-state index is 0.329. The maximum Gasteiger partial charge on any atom is 0.338 e. The number of hydrogen-bond donors (Lipinski definition) is 1. The SMILES string of the molecule is COC(=O)c1cc(OC)nc2c(N)cccc12. The molecule has 17 heavy (non-hydrogen) atoms. The Morgan fingerprint density at radius 2 is 2.12 bits per heavy atom. The van der Waals surface area contributed by atoms with Gasteiger partial charge in [-0.15, -0.1) is 0 Å². The molecule has 5 heteroatoms. The number of carbonyl (C=O) groups excluding carboxylic acids is 1. The van der Waals surface area contributed by atoms with Crippen molar-refractivity contribution in [1.29, 1.82) is 0 Å². The Labute approximate surface area is 98.2 Å². The molecule has 2 rings (SSSR count). The van der Waals surface area contributed by atoms with Crippen LogP contribution in [0, 0.1) is 0 Å². The zero-order chi connectivity index (χ0) is 12.4. The largest absolute Gasteiger partial charge is 0.481 e. The maximum atomic E-state index is 11.7. The third-order valence-electron chi connectivity index (χ3n) is 2.46. The van der Waals surface area contributed by atoms with Crippen LogP contribution in [0.15, 0.2) is 24.3 Å². The molecule has 1 heterocycles. The molecule has 0 atom stereocenters. The number of ether oxygens (including phenoxy) is 2. The number of nitrogens with zero attached hydrogens (tertiary/aromatic N) is 1. The molecule has 1 aromatic heterocycles. The molecule has 2 N–H and O–H groups in total. The number of rotatable bonds is 2. The van der Waals surface area contributed by atoms with E-state index in [-0.39, 0.29) is 0 Å². The van der Waals surface area contributed by atoms with Crippen LogP contribution in [0.2, 0.25) is 0 Å². The fourth-order valence-corrected chi connectivity index (χ4v) is 1.63. The van der Waals surface area contributed by atoms with E-state index < -0.39 is 5.97 Å². The van der Waals surface area contributed by atoms with Gasteiger partial charge >= 0.3 is 5.97 Å². The average Bonchev–Trinajstić information content (AvgIpc) is 2.37. The summed E-state index contributed by atoms with van der Waals surface area (Å²) in [6.45, 7) is 0. The summed E-state index contributed by atoms with van der Waals surface area (Å²) in [5.74, 6) is -0.114. The van der Waals surface area contributed by atoms with Gasteiger partial charge in [0.15, 0.2) is 0 Å². The molecule has 0 radical (unpaired) electrons. The lowest BCUT2D eigenvalue weighted by Crippen LogP contribution is -2.05. The summed E-state index contributed by atoms with van der Waals surface area (Å²) in [6, 6.07) is 6.78. The molecule has 0 saturated heterocycles. The molecule has 0 aliphatic carbocycles. The van der Waals surface area contributed by atoms with Crippen LogP contribution in [0.3, 0.4) is 0 Å². The second kappa shape index (κ2) is 4.29. The normalized spacial score (nSPS) is 10.2. The van der Waals surface area contributed by atoms with Crippen molar-refractivity contribution in [3.05, 3.63) is 29.8 Å². The van der Waals surface area contributed by atoms with Crippen LogP contribution >= 0.6 is 0 Å². The van der Waals surface area contributed by atoms with Crippen LogP contribution in [0.1, 0.15) is 10.4 Å². The number of methoxy groups -OCH3 is 2. The summed E-state index contributed by atoms with van der Waals surface area (Å²) < 4.78 is 9.76. The molecule has 0 amide bonds. The lowest BCUT2D eigenvalue weighted by Gasteiger charge is -2.08. The molecule has 0 aliphatic heterocycles. The zero-order valence-electron chi connectivity index (χ0n) is 9.56. The molecule has 5 nitrogen and oxygen atoms in total. The first kappa shape index (κ1) is 11.2. The Balaban J connectivity index is 2.80. The van der Waals surface area contributed by atoms with Crippen molar-refractivity contribution in [3.8, 4) is 5.88 Å². The lowest BCUT2D eigenvalue weighted by molar-refractivity contribution is 0.0602. The number of nitrogens with two attached hydrogens (primary N) is 1. The average molecular weight is 232 g/mol. The lowest BCUT2D eigenvalue weighted by atomic mass is 10.1. The molecule has 0 unspecified atom stereocenters. The molecule has 1 aromatic carbocycles. The molecular formula is C12H12N2O3. The van der Waals surface area contributed by atoms with Crippen LogP contribution in [-0.4, -0.2) is 25.2 Å². The predicted molar refractivity (Wildman–Crippen MR) is 64.0 cm³/mol. The van der Waals surface area contributed by atoms with Gasteiger partial charge in [-0.2, -0.15) is 0 Å². The van der Waals surface area contributed by atoms with E-state index in [2.05, 4.69) is 4.98 Å². The number of aromatic nitrogens is 1. The highest BCUT2D eigenvalue weighted by molar-refractivity contribution is 6.06. The minimum atomic E-state index is -0.443. The van der Waals surface area contributed by atoms with Crippen molar-refractivity contribution < 1.29 is 14.3 Å². The quantitative estimate of drug-likeness (QED) is 0.629. The third-order valence-corrected chi connectivity index (χ3v) is 2.46. The second-order valence-corrected chi connectivity index (χ2v) is 3.45. The van der Waals surface area contributed by atoms with E-state index in [1.54, 1.807) is 18.2 Å². The standard InChI is InChI=1S/C12H12N2O3/c1-16-10-6-8(12(15)17-2)7-4-3-5-9(13)11(7)14-10/h3-6H,13H2,1-2H3. The smallest absolute Gasteiger partial charge is 0.338 e. The molecule has 0 spiro atoms. The van der Waals surface area contributed by atoms with E-state index in [1.165, 1.54) is 20.3 Å². The van der Waals surface area contributed by atoms with E-state index in [0.29, 0.717) is 28.0 Å². The van der Waals surface area contributed by atoms with Crippen molar-refractivity contribution in [2.45, 2.75) is 0 Å². The number of para-hydroxylation sites is 1. The number of benzene rings is 1. The number of nitrogen functional groups attached to an aromatic ring is 1. The summed E-state index contributed by atoms with van der Waals surface area (Å²) in [5, 5.41) is 0.651. The van der Waals surface area contributed by atoms with E-state index >= 15 is 0 Å². The number of esters is 1. The molecular weight excluding hydrogens is 220 g/mol. The van der Waals surface area contributed by atoms with Crippen LogP contribution < -0.4 is 10.5 Å². The molecule has 0 aliphatic rings. The van der Waals surface area contributed by atoms with Crippen LogP contribution in [0.5, 0.6) is 5.88 Å². The van der Waals surface area contributed by atoms with Crippen molar-refractivity contribution in [1.82, 2.24) is 4.98 Å². The molecule has 2 aromatic rings. The van der Waals surface area contributed by atoms with E-state index in [0.717, 1.165) is 0 Å². The molecule has 88 valence electrons. The van der Waals surface area contributed by atoms with Gasteiger partial charge in [-0.1, -0.05) is 12.1 Å². The number of hydrogen-bond acceptors (Lipinski definition) is 5. The number of pyridine rings is 1. The highest BCUT2D eigenvalue weighted by Crippen LogP contribution is 2.26. The first-order chi connectivity index (χ1) is 8.17. The predicted octanol–water partition coefficient (Wildman–Crippen LogP) is 1.61. The van der Waals surface area contributed by atoms with E-state index in [9.17, 15) is 4.79 Å². The summed E-state index contributed by atoms with van der Waals surface area (Å²) >= 11 is 0. The fraction of sp³-hybridized carbons (Fsp3) is 0.167. The monoisotopic (exact) mass is 232 g/mol. The third kappa shape index (κ3) is 1.87. The van der Waals surface area contributed by atoms with Gasteiger partial charge < -0.3 is 15.2 Å². The molecule has 0 bridgehead atoms. The molecule has 0 fully saturated rings. The van der Waals surface area contributed by atoms with Gasteiger partial charge in [0, 0.05) is 11.5 Å². The second-order valence-electron chi connectivity index (χ2n) is 3.45. The molecule has 0 saturated carbocycles. The topological polar surface area (TPSA) is 74.4 Å². The van der Waals surface area contributed by atoms with E-state index in [4.69, 9.17) is 15.2 Å². The van der Waals surface area contributed by atoms with Gasteiger partial charge in [0.25, 0.3) is 0 Å². The Morgan fingerprint density at radius 3 is 2.76 bits per heavy atom. The Kier molecular flexibility index (Phi) is 2.82. The van der Waals surface area contributed by atoms with E-state index in [1.807, 2.05) is 0 Å². The van der Waals surface area contributed by atoms with Crippen LogP contribution in [-0.2, 0) is 4.74 Å². The Morgan fingerprint density at radius 1 is 1.35 bits per heavy atom. The van der Waals surface area contributed by atoms with Gasteiger partial charge in [0.05, 0.1) is 31.0 Å². The summed E-state index contributed by atoms with van der Waals surface area (Å²) in [6.07, 6.45) is 0. The first-order valence-corrected chi connectivity index (χ1v) is 4.99.